The van der Waals surface area contributed by atoms with Crippen molar-refractivity contribution in [2.75, 3.05) is 16.8 Å². The van der Waals surface area contributed by atoms with Gasteiger partial charge in [-0.3, -0.25) is 14.6 Å². The van der Waals surface area contributed by atoms with Crippen LogP contribution in [0, 0.1) is 0 Å². The van der Waals surface area contributed by atoms with Gasteiger partial charge in [-0.15, -0.1) is 0 Å². The molecule has 1 aliphatic heterocycles. The standard InChI is InChI=1S/C33H34N4O2/c1-33(2,3)27-12-10-25(11-13-27)31(38)36-28-14-15-30(37-18-16-24-8-4-5-9-26(24)22-37)29(19-28)32(39)35-21-23-7-6-17-34-20-23/h4-15,17,19-20H,16,18,21-22H2,1-3H3,(H,35,39)(H,36,38). The Balaban J connectivity index is 1.40. The van der Waals surface area contributed by atoms with Crippen LogP contribution in [0.3, 0.4) is 0 Å². The number of benzene rings is 3. The highest BCUT2D eigenvalue weighted by atomic mass is 16.2. The third-order valence-electron chi connectivity index (χ3n) is 7.16. The van der Waals surface area contributed by atoms with Crippen LogP contribution in [0.5, 0.6) is 0 Å². The number of amides is 2. The maximum absolute atomic E-state index is 13.5. The molecule has 0 saturated carbocycles. The van der Waals surface area contributed by atoms with Gasteiger partial charge in [0.25, 0.3) is 11.8 Å². The predicted molar refractivity (Wildman–Crippen MR) is 156 cm³/mol. The molecule has 39 heavy (non-hydrogen) atoms. The van der Waals surface area contributed by atoms with Crippen molar-refractivity contribution in [2.45, 2.75) is 45.7 Å². The van der Waals surface area contributed by atoms with E-state index in [0.717, 1.165) is 30.8 Å². The van der Waals surface area contributed by atoms with E-state index in [1.165, 1.54) is 16.7 Å². The summed E-state index contributed by atoms with van der Waals surface area (Å²) in [6.45, 7) is 8.34. The van der Waals surface area contributed by atoms with Crippen LogP contribution in [-0.2, 0) is 24.9 Å². The van der Waals surface area contributed by atoms with E-state index in [1.807, 2.05) is 48.5 Å². The molecule has 0 atom stereocenters. The van der Waals surface area contributed by atoms with Gasteiger partial charge in [0.05, 0.1) is 5.56 Å². The van der Waals surface area contributed by atoms with Gasteiger partial charge >= 0.3 is 0 Å². The van der Waals surface area contributed by atoms with Gasteiger partial charge in [0.2, 0.25) is 0 Å². The van der Waals surface area contributed by atoms with Crippen LogP contribution in [0.15, 0.2) is 91.3 Å². The number of nitrogens with zero attached hydrogens (tertiary/aromatic N) is 2. The summed E-state index contributed by atoms with van der Waals surface area (Å²) in [6.07, 6.45) is 4.36. The Morgan fingerprint density at radius 2 is 1.67 bits per heavy atom. The highest BCUT2D eigenvalue weighted by molar-refractivity contribution is 6.06. The predicted octanol–water partition coefficient (Wildman–Crippen LogP) is 6.12. The van der Waals surface area contributed by atoms with Crippen LogP contribution in [0.4, 0.5) is 11.4 Å². The van der Waals surface area contributed by atoms with Gasteiger partial charge in [-0.2, -0.15) is 0 Å². The van der Waals surface area contributed by atoms with Crippen LogP contribution in [0.2, 0.25) is 0 Å². The number of pyridine rings is 1. The van der Waals surface area contributed by atoms with Crippen LogP contribution in [0.1, 0.15) is 63.7 Å². The van der Waals surface area contributed by atoms with Gasteiger partial charge in [0.1, 0.15) is 0 Å². The average Bonchev–Trinajstić information content (AvgIpc) is 2.95. The van der Waals surface area contributed by atoms with Crippen LogP contribution < -0.4 is 15.5 Å². The first-order valence-electron chi connectivity index (χ1n) is 13.3. The summed E-state index contributed by atoms with van der Waals surface area (Å²) in [6, 6.07) is 25.5. The van der Waals surface area contributed by atoms with Crippen molar-refractivity contribution in [1.29, 1.82) is 0 Å². The fourth-order valence-electron chi connectivity index (χ4n) is 4.88. The van der Waals surface area contributed by atoms with Crippen LogP contribution >= 0.6 is 0 Å². The van der Waals surface area contributed by atoms with E-state index in [9.17, 15) is 9.59 Å². The number of nitrogens with one attached hydrogen (secondary N) is 2. The minimum absolute atomic E-state index is 0.0118. The smallest absolute Gasteiger partial charge is 0.255 e. The molecule has 2 heterocycles. The molecule has 198 valence electrons. The van der Waals surface area contributed by atoms with Gasteiger partial charge in [-0.25, -0.2) is 0 Å². The summed E-state index contributed by atoms with van der Waals surface area (Å²) >= 11 is 0. The van der Waals surface area contributed by atoms with Gasteiger partial charge < -0.3 is 15.5 Å². The number of hydrogen-bond donors (Lipinski definition) is 2. The summed E-state index contributed by atoms with van der Waals surface area (Å²) in [4.78, 5) is 32.9. The number of anilines is 2. The molecule has 6 nitrogen and oxygen atoms in total. The second-order valence-electron chi connectivity index (χ2n) is 11.0. The number of fused-ring (bicyclic) bond motifs is 1. The van der Waals surface area contributed by atoms with Crippen molar-refractivity contribution in [3.05, 3.63) is 125 Å². The summed E-state index contributed by atoms with van der Waals surface area (Å²) < 4.78 is 0. The minimum atomic E-state index is -0.211. The highest BCUT2D eigenvalue weighted by Gasteiger charge is 2.22. The molecule has 4 aromatic rings. The Hall–Kier alpha value is -4.45. The number of aromatic nitrogens is 1. The van der Waals surface area contributed by atoms with Gasteiger partial charge in [0.15, 0.2) is 0 Å². The quantitative estimate of drug-likeness (QED) is 0.322. The molecule has 1 aromatic heterocycles. The molecule has 6 heteroatoms. The molecular formula is C33H34N4O2. The van der Waals surface area contributed by atoms with Crippen molar-refractivity contribution in [3.8, 4) is 0 Å². The second kappa shape index (κ2) is 11.1. The monoisotopic (exact) mass is 518 g/mol. The summed E-state index contributed by atoms with van der Waals surface area (Å²) in [7, 11) is 0. The third kappa shape index (κ3) is 6.17. The Kier molecular flexibility index (Phi) is 7.46. The average molecular weight is 519 g/mol. The second-order valence-corrected chi connectivity index (χ2v) is 11.0. The molecular weight excluding hydrogens is 484 g/mol. The Morgan fingerprint density at radius 1 is 0.897 bits per heavy atom. The topological polar surface area (TPSA) is 74.3 Å². The minimum Gasteiger partial charge on any atom is -0.366 e. The normalized spacial score (nSPS) is 12.9. The molecule has 0 radical (unpaired) electrons. The summed E-state index contributed by atoms with van der Waals surface area (Å²) in [5, 5.41) is 6.01. The number of carbonyl (C=O) groups is 2. The Labute approximate surface area is 230 Å². The van der Waals surface area contributed by atoms with E-state index in [0.29, 0.717) is 23.4 Å². The number of rotatable bonds is 6. The van der Waals surface area contributed by atoms with Crippen molar-refractivity contribution >= 4 is 23.2 Å². The zero-order chi connectivity index (χ0) is 27.4. The first kappa shape index (κ1) is 26.2. The van der Waals surface area contributed by atoms with E-state index < -0.39 is 0 Å². The van der Waals surface area contributed by atoms with Gasteiger partial charge in [-0.1, -0.05) is 63.2 Å². The maximum atomic E-state index is 13.5. The SMILES string of the molecule is CC(C)(C)c1ccc(C(=O)Nc2ccc(N3CCc4ccccc4C3)c(C(=O)NCc3cccnc3)c2)cc1. The Bertz CT molecular complexity index is 1470. The lowest BCUT2D eigenvalue weighted by molar-refractivity contribution is 0.0950. The molecule has 0 spiro atoms. The molecule has 1 aliphatic rings. The molecule has 0 bridgehead atoms. The summed E-state index contributed by atoms with van der Waals surface area (Å²) in [5.74, 6) is -0.407. The first-order chi connectivity index (χ1) is 18.8. The zero-order valence-corrected chi connectivity index (χ0v) is 22.7. The summed E-state index contributed by atoms with van der Waals surface area (Å²) in [5.41, 5.74) is 7.23. The first-order valence-corrected chi connectivity index (χ1v) is 13.3. The van der Waals surface area contributed by atoms with E-state index >= 15 is 0 Å². The van der Waals surface area contributed by atoms with Crippen molar-refractivity contribution in [2.24, 2.45) is 0 Å². The molecule has 2 N–H and O–H groups in total. The third-order valence-corrected chi connectivity index (χ3v) is 7.16. The zero-order valence-electron chi connectivity index (χ0n) is 22.7. The molecule has 0 unspecified atom stereocenters. The van der Waals surface area contributed by atoms with Crippen molar-refractivity contribution < 1.29 is 9.59 Å². The fraction of sp³-hybridized carbons (Fsp3) is 0.242. The highest BCUT2D eigenvalue weighted by Crippen LogP contribution is 2.30. The van der Waals surface area contributed by atoms with E-state index in [1.54, 1.807) is 18.5 Å². The van der Waals surface area contributed by atoms with Gasteiger partial charge in [-0.05, 0) is 70.5 Å². The lowest BCUT2D eigenvalue weighted by atomic mass is 9.87. The lowest BCUT2D eigenvalue weighted by Gasteiger charge is -2.32. The lowest BCUT2D eigenvalue weighted by Crippen LogP contribution is -2.33. The van der Waals surface area contributed by atoms with E-state index in [2.05, 4.69) is 65.6 Å². The number of hydrogen-bond acceptors (Lipinski definition) is 4. The number of carbonyl (C=O) groups excluding carboxylic acids is 2. The van der Waals surface area contributed by atoms with Crippen molar-refractivity contribution in [3.63, 3.8) is 0 Å². The molecule has 0 saturated heterocycles. The van der Waals surface area contributed by atoms with E-state index in [4.69, 9.17) is 0 Å². The Morgan fingerprint density at radius 3 is 2.38 bits per heavy atom. The fourth-order valence-corrected chi connectivity index (χ4v) is 4.88. The molecule has 0 aliphatic carbocycles. The van der Waals surface area contributed by atoms with Crippen molar-refractivity contribution in [1.82, 2.24) is 10.3 Å². The molecule has 0 fully saturated rings. The van der Waals surface area contributed by atoms with Crippen LogP contribution in [0.25, 0.3) is 0 Å². The molecule has 5 rings (SSSR count). The maximum Gasteiger partial charge on any atom is 0.255 e. The molecule has 3 aromatic carbocycles. The van der Waals surface area contributed by atoms with Crippen LogP contribution in [-0.4, -0.2) is 23.3 Å². The van der Waals surface area contributed by atoms with E-state index in [-0.39, 0.29) is 17.2 Å². The largest absolute Gasteiger partial charge is 0.366 e. The molecule has 2 amide bonds. The van der Waals surface area contributed by atoms with Gasteiger partial charge in [0, 0.05) is 49.0 Å².